The summed E-state index contributed by atoms with van der Waals surface area (Å²) in [6, 6.07) is 2.34. The molecular weight excluding hydrogens is 603 g/mol. The molecule has 1 aromatic rings. The number of benzene rings is 1. The number of carbonyl (C=O) groups is 3. The monoisotopic (exact) mass is 641 g/mol. The number of nitrogens with zero attached hydrogens (tertiary/aromatic N) is 3. The average Bonchev–Trinajstić information content (AvgIpc) is 3.63. The number of carboxylic acids is 1. The fourth-order valence-corrected chi connectivity index (χ4v) is 7.33. The van der Waals surface area contributed by atoms with Gasteiger partial charge in [0.2, 0.25) is 11.8 Å². The minimum absolute atomic E-state index is 0.00991. The van der Waals surface area contributed by atoms with E-state index < -0.39 is 54.2 Å². The number of carboxylic acid groups (broad SMARTS) is 1. The minimum atomic E-state index is -2.96. The Morgan fingerprint density at radius 3 is 2.57 bits per heavy atom. The number of hydrogen-bond acceptors (Lipinski definition) is 7. The van der Waals surface area contributed by atoms with Gasteiger partial charge < -0.3 is 30.4 Å². The van der Waals surface area contributed by atoms with Crippen LogP contribution in [0.2, 0.25) is 5.02 Å². The summed E-state index contributed by atoms with van der Waals surface area (Å²) in [5.74, 6) is 2.91. The van der Waals surface area contributed by atoms with Gasteiger partial charge in [0.25, 0.3) is 6.43 Å². The number of alkyl halides is 3. The lowest BCUT2D eigenvalue weighted by Crippen LogP contribution is -2.53. The summed E-state index contributed by atoms with van der Waals surface area (Å²) in [4.78, 5) is 43.1. The first-order valence-electron chi connectivity index (χ1n) is 14.8. The highest BCUT2D eigenvalue weighted by molar-refractivity contribution is 6.31. The van der Waals surface area contributed by atoms with Crippen molar-refractivity contribution in [2.24, 2.45) is 28.3 Å². The van der Waals surface area contributed by atoms with Crippen molar-refractivity contribution in [1.29, 1.82) is 0 Å². The first kappa shape index (κ1) is 32.2. The molecule has 10 nitrogen and oxygen atoms in total. The van der Waals surface area contributed by atoms with E-state index in [0.29, 0.717) is 29.1 Å². The summed E-state index contributed by atoms with van der Waals surface area (Å²) >= 11 is 6.64. The van der Waals surface area contributed by atoms with Gasteiger partial charge in [-0.25, -0.2) is 19.0 Å². The zero-order valence-corrected chi connectivity index (χ0v) is 25.6. The predicted molar refractivity (Wildman–Crippen MR) is 155 cm³/mol. The first-order valence-corrected chi connectivity index (χ1v) is 15.2. The molecule has 2 amide bonds. The van der Waals surface area contributed by atoms with Crippen LogP contribution in [0.1, 0.15) is 62.6 Å². The van der Waals surface area contributed by atoms with Crippen LogP contribution in [0.3, 0.4) is 0 Å². The molecule has 2 saturated carbocycles. The third-order valence-corrected chi connectivity index (χ3v) is 10.3. The Kier molecular flexibility index (Phi) is 8.75. The van der Waals surface area contributed by atoms with Crippen LogP contribution >= 0.6 is 11.6 Å². The number of hydrazine groups is 1. The van der Waals surface area contributed by atoms with Crippen LogP contribution in [0.5, 0.6) is 5.75 Å². The number of likely N-dealkylation sites (tertiary alicyclic amines) is 1. The van der Waals surface area contributed by atoms with E-state index in [4.69, 9.17) is 27.9 Å². The second-order valence-corrected chi connectivity index (χ2v) is 13.4. The molecule has 1 saturated heterocycles. The van der Waals surface area contributed by atoms with Crippen molar-refractivity contribution in [2.45, 2.75) is 70.5 Å². The molecule has 4 aliphatic rings. The molecule has 0 aromatic heterocycles. The Morgan fingerprint density at radius 2 is 1.98 bits per heavy atom. The van der Waals surface area contributed by atoms with Crippen LogP contribution < -0.4 is 16.3 Å². The zero-order chi connectivity index (χ0) is 32.1. The number of halogens is 4. The number of aliphatic carboxylic acids is 1. The zero-order valence-electron chi connectivity index (χ0n) is 24.8. The molecule has 1 spiro atoms. The number of carbonyl (C=O) groups excluding carboxylic acids is 2. The number of hydrogen-bond donors (Lipinski definition) is 3. The number of ether oxygens (including phenoxy) is 1. The van der Waals surface area contributed by atoms with Crippen molar-refractivity contribution in [1.82, 2.24) is 14.8 Å². The number of allylic oxidation sites excluding steroid dienone is 1. The lowest BCUT2D eigenvalue weighted by atomic mass is 9.66. The number of rotatable bonds is 9. The predicted octanol–water partition coefficient (Wildman–Crippen LogP) is 3.63. The standard InChI is InChI=1S/C30H39ClF3N5O5/c1-29(28(42)43)7-5-16(32)11-18(29)27(41)39-10-6-17-19(31)3-4-22(44-14-20(35)25(26(33)34)37(2)36)24(17)21(39)13-38-15-30(8-9-30)12-23(38)40/h3-4,16,18,21,26H,5-15,35-36H2,1-2H3,(H,42,43)/b25-20-/t16-,18-,21+,29-/m0/s1. The molecule has 5 rings (SSSR count). The van der Waals surface area contributed by atoms with Crippen molar-refractivity contribution in [3.05, 3.63) is 39.7 Å². The van der Waals surface area contributed by atoms with E-state index in [1.807, 2.05) is 0 Å². The number of amides is 2. The molecule has 5 N–H and O–H groups in total. The molecule has 0 bridgehead atoms. The van der Waals surface area contributed by atoms with Gasteiger partial charge in [0.15, 0.2) is 0 Å². The fraction of sp³-hybridized carbons (Fsp3) is 0.633. The summed E-state index contributed by atoms with van der Waals surface area (Å²) in [7, 11) is 1.23. The lowest BCUT2D eigenvalue weighted by molar-refractivity contribution is -0.164. The molecule has 14 heteroatoms. The highest BCUT2D eigenvalue weighted by Crippen LogP contribution is 2.54. The molecule has 2 aliphatic heterocycles. The average molecular weight is 642 g/mol. The van der Waals surface area contributed by atoms with Gasteiger partial charge in [-0.3, -0.25) is 14.4 Å². The lowest BCUT2D eigenvalue weighted by Gasteiger charge is -2.45. The highest BCUT2D eigenvalue weighted by atomic mass is 35.5. The molecule has 44 heavy (non-hydrogen) atoms. The largest absolute Gasteiger partial charge is 0.487 e. The van der Waals surface area contributed by atoms with Gasteiger partial charge in [-0.15, -0.1) is 0 Å². The van der Waals surface area contributed by atoms with Crippen LogP contribution in [0.4, 0.5) is 13.2 Å². The Bertz CT molecular complexity index is 1360. The quantitative estimate of drug-likeness (QED) is 0.274. The van der Waals surface area contributed by atoms with E-state index in [2.05, 4.69) is 0 Å². The van der Waals surface area contributed by atoms with Gasteiger partial charge in [0, 0.05) is 43.7 Å². The van der Waals surface area contributed by atoms with Crippen molar-refractivity contribution in [3.63, 3.8) is 0 Å². The van der Waals surface area contributed by atoms with Crippen molar-refractivity contribution in [3.8, 4) is 5.75 Å². The molecule has 4 atom stereocenters. The topological polar surface area (TPSA) is 142 Å². The van der Waals surface area contributed by atoms with E-state index in [9.17, 15) is 32.7 Å². The van der Waals surface area contributed by atoms with Gasteiger partial charge in [-0.1, -0.05) is 11.6 Å². The summed E-state index contributed by atoms with van der Waals surface area (Å²) in [5.41, 5.74) is 4.66. The summed E-state index contributed by atoms with van der Waals surface area (Å²) in [5, 5.41) is 11.2. The number of fused-ring (bicyclic) bond motifs is 1. The van der Waals surface area contributed by atoms with Gasteiger partial charge in [0.05, 0.1) is 23.1 Å². The van der Waals surface area contributed by atoms with Gasteiger partial charge in [0.1, 0.15) is 24.2 Å². The molecule has 0 radical (unpaired) electrons. The van der Waals surface area contributed by atoms with Crippen molar-refractivity contribution >= 4 is 29.4 Å². The van der Waals surface area contributed by atoms with Crippen LogP contribution in [0, 0.1) is 16.7 Å². The molecule has 0 unspecified atom stereocenters. The second-order valence-electron chi connectivity index (χ2n) is 12.9. The molecule has 2 aliphatic carbocycles. The summed E-state index contributed by atoms with van der Waals surface area (Å²) in [6.45, 7) is 1.80. The van der Waals surface area contributed by atoms with E-state index in [0.717, 1.165) is 17.9 Å². The third-order valence-electron chi connectivity index (χ3n) is 9.93. The smallest absolute Gasteiger partial charge is 0.310 e. The van der Waals surface area contributed by atoms with Crippen LogP contribution in [0.15, 0.2) is 23.5 Å². The van der Waals surface area contributed by atoms with Crippen LogP contribution in [-0.4, -0.2) is 83.6 Å². The van der Waals surface area contributed by atoms with Crippen LogP contribution in [0.25, 0.3) is 0 Å². The van der Waals surface area contributed by atoms with E-state index in [1.165, 1.54) is 18.9 Å². The van der Waals surface area contributed by atoms with E-state index in [-0.39, 0.29) is 61.5 Å². The Morgan fingerprint density at radius 1 is 1.27 bits per heavy atom. The molecule has 242 valence electrons. The van der Waals surface area contributed by atoms with E-state index >= 15 is 0 Å². The van der Waals surface area contributed by atoms with Gasteiger partial charge >= 0.3 is 5.97 Å². The highest BCUT2D eigenvalue weighted by Gasteiger charge is 2.54. The van der Waals surface area contributed by atoms with Crippen molar-refractivity contribution in [2.75, 3.05) is 33.3 Å². The minimum Gasteiger partial charge on any atom is -0.487 e. The summed E-state index contributed by atoms with van der Waals surface area (Å²) in [6.07, 6.45) is -1.90. The summed E-state index contributed by atoms with van der Waals surface area (Å²) < 4.78 is 48.0. The second kappa shape index (κ2) is 12.0. The van der Waals surface area contributed by atoms with Crippen molar-refractivity contribution < 1.29 is 37.4 Å². The molecule has 2 heterocycles. The maximum Gasteiger partial charge on any atom is 0.310 e. The molecular formula is C30H39ClF3N5O5. The normalized spacial score (nSPS) is 28.2. The van der Waals surface area contributed by atoms with E-state index in [1.54, 1.807) is 17.0 Å². The van der Waals surface area contributed by atoms with Crippen LogP contribution in [-0.2, 0) is 20.8 Å². The maximum atomic E-state index is 14.7. The SMILES string of the molecule is CN(N)/C(=C(\N)COc1ccc(Cl)c2c1[C@@H](CN1CC3(CC3)CC1=O)N(C(=O)[C@@H]1C[C@@H](F)CC[C@]1(C)C(=O)O)CC2)C(F)F. The number of nitrogens with two attached hydrogens (primary N) is 2. The Balaban J connectivity index is 1.55. The van der Waals surface area contributed by atoms with Gasteiger partial charge in [-0.05, 0) is 68.6 Å². The molecule has 3 fully saturated rings. The van der Waals surface area contributed by atoms with Gasteiger partial charge in [-0.2, -0.15) is 0 Å². The molecule has 1 aromatic carbocycles. The first-order chi connectivity index (χ1) is 20.7. The Labute approximate surface area is 259 Å². The fourth-order valence-electron chi connectivity index (χ4n) is 7.07. The third kappa shape index (κ3) is 5.92. The Hall–Kier alpha value is -3.19. The maximum absolute atomic E-state index is 14.7.